The maximum Gasteiger partial charge on any atom is 0.00148 e. The summed E-state index contributed by atoms with van der Waals surface area (Å²) >= 11 is 4.38. The van der Waals surface area contributed by atoms with Crippen molar-refractivity contribution in [1.82, 2.24) is 4.90 Å². The van der Waals surface area contributed by atoms with Gasteiger partial charge in [0, 0.05) is 6.54 Å². The lowest BCUT2D eigenvalue weighted by Crippen LogP contribution is -2.42. The van der Waals surface area contributed by atoms with E-state index in [0.717, 1.165) is 17.1 Å². The average molecular weight is 241 g/mol. The van der Waals surface area contributed by atoms with E-state index < -0.39 is 0 Å². The zero-order valence-corrected chi connectivity index (χ0v) is 11.6. The van der Waals surface area contributed by atoms with E-state index in [1.54, 1.807) is 0 Å². The summed E-state index contributed by atoms with van der Waals surface area (Å²) in [7, 11) is 0. The van der Waals surface area contributed by atoms with E-state index in [1.807, 2.05) is 0 Å². The van der Waals surface area contributed by atoms with Crippen molar-refractivity contribution in [3.8, 4) is 0 Å². The Bertz CT molecular complexity index is 201. The molecule has 1 nitrogen and oxygen atoms in total. The number of likely N-dealkylation sites (tertiary alicyclic amines) is 1. The van der Waals surface area contributed by atoms with Crippen molar-refractivity contribution < 1.29 is 0 Å². The Morgan fingerprint density at radius 2 is 1.69 bits per heavy atom. The van der Waals surface area contributed by atoms with E-state index in [2.05, 4.69) is 24.5 Å². The van der Waals surface area contributed by atoms with E-state index in [4.69, 9.17) is 0 Å². The Kier molecular flexibility index (Phi) is 4.60. The van der Waals surface area contributed by atoms with Crippen molar-refractivity contribution in [2.24, 2.45) is 11.3 Å². The van der Waals surface area contributed by atoms with Crippen molar-refractivity contribution >= 4 is 12.6 Å². The highest BCUT2D eigenvalue weighted by molar-refractivity contribution is 7.80. The van der Waals surface area contributed by atoms with Gasteiger partial charge in [-0.15, -0.1) is 0 Å². The molecule has 1 atom stereocenters. The molecule has 1 saturated heterocycles. The molecule has 2 rings (SSSR count). The Balaban J connectivity index is 1.77. The number of piperidine rings is 1. The molecule has 0 aromatic carbocycles. The number of nitrogens with zero attached hydrogens (tertiary/aromatic N) is 1. The fourth-order valence-electron chi connectivity index (χ4n) is 3.51. The molecule has 1 aliphatic carbocycles. The van der Waals surface area contributed by atoms with Gasteiger partial charge in [0.1, 0.15) is 0 Å². The first-order chi connectivity index (χ1) is 7.74. The molecule has 1 spiro atoms. The zero-order chi connectivity index (χ0) is 11.4. The Morgan fingerprint density at radius 3 is 2.25 bits per heavy atom. The highest BCUT2D eigenvalue weighted by atomic mass is 32.1. The van der Waals surface area contributed by atoms with Crippen molar-refractivity contribution in [3.05, 3.63) is 0 Å². The minimum Gasteiger partial charge on any atom is -0.303 e. The molecule has 0 aromatic heterocycles. The molecule has 16 heavy (non-hydrogen) atoms. The van der Waals surface area contributed by atoms with E-state index in [1.165, 1.54) is 64.6 Å². The highest BCUT2D eigenvalue weighted by Gasteiger charge is 2.35. The monoisotopic (exact) mass is 241 g/mol. The van der Waals surface area contributed by atoms with Crippen LogP contribution < -0.4 is 0 Å². The predicted octanol–water partition coefficient (Wildman–Crippen LogP) is 3.60. The molecule has 1 saturated carbocycles. The van der Waals surface area contributed by atoms with Crippen LogP contribution >= 0.6 is 12.6 Å². The molecular weight excluding hydrogens is 214 g/mol. The van der Waals surface area contributed by atoms with Gasteiger partial charge < -0.3 is 4.90 Å². The number of rotatable bonds is 3. The lowest BCUT2D eigenvalue weighted by Gasteiger charge is -2.44. The van der Waals surface area contributed by atoms with Crippen LogP contribution in [0.2, 0.25) is 0 Å². The fourth-order valence-corrected chi connectivity index (χ4v) is 3.63. The first-order valence-corrected chi connectivity index (χ1v) is 7.71. The molecule has 94 valence electrons. The summed E-state index contributed by atoms with van der Waals surface area (Å²) in [6.07, 6.45) is 10.4. The number of hydrogen-bond acceptors (Lipinski definition) is 2. The molecule has 1 heterocycles. The second-order valence-corrected chi connectivity index (χ2v) is 6.51. The normalized spacial score (nSPS) is 28.1. The van der Waals surface area contributed by atoms with Crippen molar-refractivity contribution in [2.75, 3.05) is 25.4 Å². The van der Waals surface area contributed by atoms with E-state index in [9.17, 15) is 0 Å². The van der Waals surface area contributed by atoms with Gasteiger partial charge in [0.2, 0.25) is 0 Å². The summed E-state index contributed by atoms with van der Waals surface area (Å²) in [6, 6.07) is 0. The smallest absolute Gasteiger partial charge is 0.00148 e. The lowest BCUT2D eigenvalue weighted by atomic mass is 9.68. The maximum absolute atomic E-state index is 4.38. The van der Waals surface area contributed by atoms with Gasteiger partial charge in [-0.3, -0.25) is 0 Å². The van der Waals surface area contributed by atoms with Gasteiger partial charge >= 0.3 is 0 Å². The molecule has 1 unspecified atom stereocenters. The Labute approximate surface area is 106 Å². The summed E-state index contributed by atoms with van der Waals surface area (Å²) in [6.45, 7) is 6.27. The minimum absolute atomic E-state index is 0.753. The van der Waals surface area contributed by atoms with Gasteiger partial charge in [-0.05, 0) is 55.9 Å². The second kappa shape index (κ2) is 5.77. The van der Waals surface area contributed by atoms with Gasteiger partial charge in [-0.25, -0.2) is 0 Å². The molecule has 2 heteroatoms. The summed E-state index contributed by atoms with van der Waals surface area (Å²) in [4.78, 5) is 2.67. The maximum atomic E-state index is 4.38. The third kappa shape index (κ3) is 3.16. The van der Waals surface area contributed by atoms with Crippen LogP contribution in [-0.2, 0) is 0 Å². The average Bonchev–Trinajstić information content (AvgIpc) is 2.33. The number of thiol groups is 1. The van der Waals surface area contributed by atoms with Crippen LogP contribution in [0.25, 0.3) is 0 Å². The summed E-state index contributed by atoms with van der Waals surface area (Å²) < 4.78 is 0. The number of hydrogen-bond donors (Lipinski definition) is 1. The highest BCUT2D eigenvalue weighted by Crippen LogP contribution is 2.44. The molecule has 0 bridgehead atoms. The third-order valence-electron chi connectivity index (χ3n) is 4.71. The quantitative estimate of drug-likeness (QED) is 0.739. The first-order valence-electron chi connectivity index (χ1n) is 7.07. The summed E-state index contributed by atoms with van der Waals surface area (Å²) in [5.41, 5.74) is 0.763. The van der Waals surface area contributed by atoms with Gasteiger partial charge in [0.15, 0.2) is 0 Å². The Hall–Kier alpha value is 0.310. The molecule has 1 aliphatic heterocycles. The van der Waals surface area contributed by atoms with Crippen LogP contribution in [-0.4, -0.2) is 30.3 Å². The predicted molar refractivity (Wildman–Crippen MR) is 74.2 cm³/mol. The third-order valence-corrected chi connectivity index (χ3v) is 5.34. The molecule has 2 aliphatic rings. The van der Waals surface area contributed by atoms with Crippen LogP contribution in [0.3, 0.4) is 0 Å². The molecule has 0 amide bonds. The van der Waals surface area contributed by atoms with Gasteiger partial charge in [-0.1, -0.05) is 26.2 Å². The van der Waals surface area contributed by atoms with Crippen LogP contribution in [0.15, 0.2) is 0 Å². The molecular formula is C14H27NS. The standard InChI is InChI=1S/C14H27NS/c1-13(12-16)11-15-9-7-14(8-10-15)5-3-2-4-6-14/h13,16H,2-12H2,1H3. The fraction of sp³-hybridized carbons (Fsp3) is 1.00. The van der Waals surface area contributed by atoms with Crippen molar-refractivity contribution in [1.29, 1.82) is 0 Å². The Morgan fingerprint density at radius 1 is 1.06 bits per heavy atom. The van der Waals surface area contributed by atoms with Crippen molar-refractivity contribution in [3.63, 3.8) is 0 Å². The van der Waals surface area contributed by atoms with Gasteiger partial charge in [0.05, 0.1) is 0 Å². The lowest BCUT2D eigenvalue weighted by molar-refractivity contribution is 0.0625. The van der Waals surface area contributed by atoms with E-state index in [0.29, 0.717) is 0 Å². The minimum atomic E-state index is 0.753. The SMILES string of the molecule is CC(CS)CN1CCC2(CCCCC2)CC1. The summed E-state index contributed by atoms with van der Waals surface area (Å²) in [5, 5.41) is 0. The topological polar surface area (TPSA) is 3.24 Å². The van der Waals surface area contributed by atoms with Crippen LogP contribution in [0.1, 0.15) is 51.9 Å². The zero-order valence-electron chi connectivity index (χ0n) is 10.7. The molecule has 0 N–H and O–H groups in total. The molecule has 0 radical (unpaired) electrons. The van der Waals surface area contributed by atoms with Crippen molar-refractivity contribution in [2.45, 2.75) is 51.9 Å². The van der Waals surface area contributed by atoms with Crippen LogP contribution in [0.5, 0.6) is 0 Å². The largest absolute Gasteiger partial charge is 0.303 e. The van der Waals surface area contributed by atoms with E-state index >= 15 is 0 Å². The second-order valence-electron chi connectivity index (χ2n) is 6.15. The first kappa shape index (κ1) is 12.8. The van der Waals surface area contributed by atoms with Crippen LogP contribution in [0, 0.1) is 11.3 Å². The van der Waals surface area contributed by atoms with E-state index in [-0.39, 0.29) is 0 Å². The summed E-state index contributed by atoms with van der Waals surface area (Å²) in [5.74, 6) is 1.78. The molecule has 0 aromatic rings. The van der Waals surface area contributed by atoms with Gasteiger partial charge in [-0.2, -0.15) is 12.6 Å². The molecule has 2 fully saturated rings. The van der Waals surface area contributed by atoms with Gasteiger partial charge in [0.25, 0.3) is 0 Å². The van der Waals surface area contributed by atoms with Crippen LogP contribution in [0.4, 0.5) is 0 Å².